The van der Waals surface area contributed by atoms with Crippen molar-refractivity contribution in [3.05, 3.63) is 0 Å². The first-order valence-electron chi connectivity index (χ1n) is 10.8. The van der Waals surface area contributed by atoms with Crippen LogP contribution in [-0.2, 0) is 33.6 Å². The summed E-state index contributed by atoms with van der Waals surface area (Å²) < 4.78 is 0. The fraction of sp³-hybridized carbons (Fsp3) is 0.650. The van der Waals surface area contributed by atoms with Crippen molar-refractivity contribution in [2.75, 3.05) is 18.8 Å². The molecule has 190 valence electrons. The average molecular weight is 501 g/mol. The molecule has 0 spiro atoms. The maximum absolute atomic E-state index is 12.7. The molecule has 3 unspecified atom stereocenters. The molecule has 7 amide bonds. The van der Waals surface area contributed by atoms with E-state index in [2.05, 4.69) is 16.0 Å². The molecule has 0 aliphatic carbocycles. The first-order valence-corrected chi connectivity index (χ1v) is 11.8. The minimum Gasteiger partial charge on any atom is -0.370 e. The molecule has 0 saturated carbocycles. The van der Waals surface area contributed by atoms with E-state index in [0.29, 0.717) is 19.4 Å². The molecule has 0 radical (unpaired) electrons. The number of carbonyl (C=O) groups is 7. The number of imide groups is 1. The van der Waals surface area contributed by atoms with Crippen LogP contribution in [-0.4, -0.2) is 82.4 Å². The van der Waals surface area contributed by atoms with Crippen LogP contribution < -0.4 is 27.4 Å². The zero-order valence-electron chi connectivity index (χ0n) is 19.3. The molecule has 34 heavy (non-hydrogen) atoms. The molecule has 0 aromatic carbocycles. The number of unbranched alkanes of at least 4 members (excludes halogenated alkanes) is 1. The maximum atomic E-state index is 12.7. The van der Waals surface area contributed by atoms with E-state index in [1.54, 1.807) is 0 Å². The molecule has 1 heterocycles. The Kier molecular flexibility index (Phi) is 12.0. The Morgan fingerprint density at radius 1 is 1.03 bits per heavy atom. The van der Waals surface area contributed by atoms with Crippen LogP contribution >= 0.6 is 11.8 Å². The normalized spacial score (nSPS) is 17.1. The van der Waals surface area contributed by atoms with Gasteiger partial charge in [-0.25, -0.2) is 0 Å². The SMILES string of the molecule is CC(=O)NCCCCC(NC(C)=O)C(=O)NC(CSC1CC(=O)N(CCC(N)=O)C1=O)C(N)=O. The lowest BCUT2D eigenvalue weighted by molar-refractivity contribution is -0.138. The first kappa shape index (κ1) is 28.9. The number of primary amides is 2. The first-order chi connectivity index (χ1) is 15.9. The topological polar surface area (TPSA) is 211 Å². The fourth-order valence-electron chi connectivity index (χ4n) is 3.17. The highest BCUT2D eigenvalue weighted by Crippen LogP contribution is 2.26. The van der Waals surface area contributed by atoms with E-state index in [9.17, 15) is 33.6 Å². The smallest absolute Gasteiger partial charge is 0.243 e. The molecule has 1 saturated heterocycles. The molecule has 0 bridgehead atoms. The van der Waals surface area contributed by atoms with E-state index < -0.39 is 52.8 Å². The van der Waals surface area contributed by atoms with Gasteiger partial charge >= 0.3 is 0 Å². The lowest BCUT2D eigenvalue weighted by Gasteiger charge is -2.22. The Bertz CT molecular complexity index is 821. The summed E-state index contributed by atoms with van der Waals surface area (Å²) in [5, 5.41) is 6.87. The van der Waals surface area contributed by atoms with Crippen molar-refractivity contribution in [3.8, 4) is 0 Å². The van der Waals surface area contributed by atoms with E-state index in [-0.39, 0.29) is 37.5 Å². The van der Waals surface area contributed by atoms with E-state index in [0.717, 1.165) is 16.7 Å². The van der Waals surface area contributed by atoms with Crippen LogP contribution in [0, 0.1) is 0 Å². The van der Waals surface area contributed by atoms with E-state index in [4.69, 9.17) is 11.5 Å². The van der Waals surface area contributed by atoms with Gasteiger partial charge in [0.25, 0.3) is 0 Å². The van der Waals surface area contributed by atoms with Crippen molar-refractivity contribution in [1.29, 1.82) is 0 Å². The summed E-state index contributed by atoms with van der Waals surface area (Å²) >= 11 is 0.994. The number of thioether (sulfide) groups is 1. The lowest BCUT2D eigenvalue weighted by atomic mass is 10.1. The predicted octanol–water partition coefficient (Wildman–Crippen LogP) is -2.50. The largest absolute Gasteiger partial charge is 0.370 e. The van der Waals surface area contributed by atoms with Crippen LogP contribution in [0.1, 0.15) is 46.0 Å². The number of carbonyl (C=O) groups excluding carboxylic acids is 7. The molecule has 1 aliphatic heterocycles. The minimum atomic E-state index is -1.14. The van der Waals surface area contributed by atoms with Crippen molar-refractivity contribution in [3.63, 3.8) is 0 Å². The molecule has 1 fully saturated rings. The number of rotatable bonds is 15. The second-order valence-electron chi connectivity index (χ2n) is 7.82. The van der Waals surface area contributed by atoms with Gasteiger partial charge in [0.2, 0.25) is 41.4 Å². The Labute approximate surface area is 201 Å². The van der Waals surface area contributed by atoms with Gasteiger partial charge in [-0.3, -0.25) is 38.5 Å². The van der Waals surface area contributed by atoms with Crippen LogP contribution in [0.2, 0.25) is 0 Å². The van der Waals surface area contributed by atoms with Crippen molar-refractivity contribution < 1.29 is 33.6 Å². The Morgan fingerprint density at radius 2 is 1.71 bits per heavy atom. The van der Waals surface area contributed by atoms with Crippen LogP contribution in [0.3, 0.4) is 0 Å². The van der Waals surface area contributed by atoms with Gasteiger partial charge in [-0.2, -0.15) is 0 Å². The summed E-state index contributed by atoms with van der Waals surface area (Å²) in [6.45, 7) is 2.96. The van der Waals surface area contributed by atoms with Crippen LogP contribution in [0.15, 0.2) is 0 Å². The molecule has 0 aromatic rings. The van der Waals surface area contributed by atoms with Gasteiger partial charge in [-0.15, -0.1) is 11.8 Å². The molecule has 7 N–H and O–H groups in total. The third kappa shape index (κ3) is 10.2. The van der Waals surface area contributed by atoms with Gasteiger partial charge in [0.15, 0.2) is 0 Å². The summed E-state index contributed by atoms with van der Waals surface area (Å²) in [6, 6.07) is -2.06. The molecule has 1 aliphatic rings. The van der Waals surface area contributed by atoms with E-state index in [1.807, 2.05) is 0 Å². The third-order valence-electron chi connectivity index (χ3n) is 4.90. The molecular formula is C20H32N6O7S. The van der Waals surface area contributed by atoms with Gasteiger partial charge in [0, 0.05) is 45.5 Å². The quantitative estimate of drug-likeness (QED) is 0.119. The van der Waals surface area contributed by atoms with E-state index >= 15 is 0 Å². The molecule has 13 nitrogen and oxygen atoms in total. The second-order valence-corrected chi connectivity index (χ2v) is 9.06. The van der Waals surface area contributed by atoms with Gasteiger partial charge in [0.05, 0.1) is 5.25 Å². The highest BCUT2D eigenvalue weighted by Gasteiger charge is 2.39. The highest BCUT2D eigenvalue weighted by molar-refractivity contribution is 8.00. The molecule has 1 rings (SSSR count). The molecule has 3 atom stereocenters. The summed E-state index contributed by atoms with van der Waals surface area (Å²) in [5.74, 6) is -3.71. The number of likely N-dealkylation sites (tertiary alicyclic amines) is 1. The second kappa shape index (κ2) is 14.2. The summed E-state index contributed by atoms with van der Waals surface area (Å²) in [5.41, 5.74) is 10.5. The van der Waals surface area contributed by atoms with Gasteiger partial charge in [-0.1, -0.05) is 0 Å². The molecular weight excluding hydrogens is 468 g/mol. The van der Waals surface area contributed by atoms with Crippen LogP contribution in [0.25, 0.3) is 0 Å². The molecule has 14 heteroatoms. The summed E-state index contributed by atoms with van der Waals surface area (Å²) in [7, 11) is 0. The van der Waals surface area contributed by atoms with Gasteiger partial charge in [0.1, 0.15) is 12.1 Å². The zero-order chi connectivity index (χ0) is 25.8. The highest BCUT2D eigenvalue weighted by atomic mass is 32.2. The maximum Gasteiger partial charge on any atom is 0.243 e. The average Bonchev–Trinajstić information content (AvgIpc) is 3.00. The van der Waals surface area contributed by atoms with Crippen molar-refractivity contribution in [2.24, 2.45) is 11.5 Å². The van der Waals surface area contributed by atoms with E-state index in [1.165, 1.54) is 13.8 Å². The standard InChI is InChI=1S/C20H32N6O7S/c1-11(27)23-7-4-3-5-13(24-12(2)28)19(32)25-14(18(22)31)10-34-15-9-17(30)26(20(15)33)8-6-16(21)29/h13-15H,3-10H2,1-2H3,(H2,21,29)(H2,22,31)(H,23,27)(H,24,28)(H,25,32). The van der Waals surface area contributed by atoms with Gasteiger partial charge < -0.3 is 27.4 Å². The van der Waals surface area contributed by atoms with Crippen LogP contribution in [0.5, 0.6) is 0 Å². The Morgan fingerprint density at radius 3 is 2.26 bits per heavy atom. The number of nitrogens with zero attached hydrogens (tertiary/aromatic N) is 1. The van der Waals surface area contributed by atoms with Crippen molar-refractivity contribution in [1.82, 2.24) is 20.9 Å². The number of hydrogen-bond donors (Lipinski definition) is 5. The lowest BCUT2D eigenvalue weighted by Crippen LogP contribution is -2.53. The van der Waals surface area contributed by atoms with Crippen molar-refractivity contribution in [2.45, 2.75) is 63.3 Å². The summed E-state index contributed by atoms with van der Waals surface area (Å²) in [4.78, 5) is 83.4. The number of nitrogens with two attached hydrogens (primary N) is 2. The van der Waals surface area contributed by atoms with Crippen LogP contribution in [0.4, 0.5) is 0 Å². The van der Waals surface area contributed by atoms with Gasteiger partial charge in [-0.05, 0) is 19.3 Å². The Hall–Kier alpha value is -3.16. The predicted molar refractivity (Wildman–Crippen MR) is 123 cm³/mol. The summed E-state index contributed by atoms with van der Waals surface area (Å²) in [6.07, 6.45) is 1.12. The number of hydrogen-bond acceptors (Lipinski definition) is 8. The molecule has 0 aromatic heterocycles. The third-order valence-corrected chi connectivity index (χ3v) is 6.19. The zero-order valence-corrected chi connectivity index (χ0v) is 20.1. The number of amides is 7. The monoisotopic (exact) mass is 500 g/mol. The number of nitrogens with one attached hydrogen (secondary N) is 3. The fourth-order valence-corrected chi connectivity index (χ4v) is 4.37. The van der Waals surface area contributed by atoms with Crippen molar-refractivity contribution >= 4 is 53.1 Å². The Balaban J connectivity index is 2.66. The minimum absolute atomic E-state index is 0.0657.